The van der Waals surface area contributed by atoms with Crippen LogP contribution < -0.4 is 5.56 Å². The average molecular weight is 617 g/mol. The number of rotatable bonds is 4. The van der Waals surface area contributed by atoms with E-state index in [1.54, 1.807) is 10.8 Å². The Labute approximate surface area is 247 Å². The van der Waals surface area contributed by atoms with Crippen molar-refractivity contribution in [1.29, 1.82) is 0 Å². The number of hydrogen-bond donors (Lipinski definition) is 4. The summed E-state index contributed by atoms with van der Waals surface area (Å²) in [7, 11) is -4.13. The SMILES string of the molecule is O=c1c2nc(Sc3ccc4ccccc4c3)n(C34CC5(O[P+](O)(O)OCC5O3)C4O)c2nc2[nH]c(-c3ccccc3)cn12. The van der Waals surface area contributed by atoms with E-state index in [2.05, 4.69) is 4.98 Å². The number of aromatic amines is 1. The van der Waals surface area contributed by atoms with Gasteiger partial charge in [-0.3, -0.25) is 9.36 Å². The van der Waals surface area contributed by atoms with Gasteiger partial charge in [-0.15, -0.1) is 4.52 Å². The molecule has 2 bridgehead atoms. The molecule has 12 nitrogen and oxygen atoms in total. The summed E-state index contributed by atoms with van der Waals surface area (Å²) < 4.78 is 20.1. The molecule has 4 atom stereocenters. The minimum Gasteiger partial charge on any atom is -0.385 e. The van der Waals surface area contributed by atoms with Crippen molar-refractivity contribution in [3.8, 4) is 11.3 Å². The lowest BCUT2D eigenvalue weighted by atomic mass is 9.70. The topological polar surface area (TPSA) is 156 Å². The molecule has 3 saturated heterocycles. The number of nitrogens with zero attached hydrogens (tertiary/aromatic N) is 4. The molecule has 216 valence electrons. The second-order valence-corrected chi connectivity index (χ2v) is 13.5. The molecule has 1 aliphatic carbocycles. The largest absolute Gasteiger partial charge is 0.570 e. The number of fused-ring (bicyclic) bond motifs is 3. The molecule has 43 heavy (non-hydrogen) atoms. The first-order valence-electron chi connectivity index (χ1n) is 13.6. The molecule has 4 fully saturated rings. The number of H-pyrrole nitrogens is 1. The van der Waals surface area contributed by atoms with E-state index in [9.17, 15) is 19.7 Å². The van der Waals surface area contributed by atoms with Gasteiger partial charge in [0.2, 0.25) is 5.78 Å². The van der Waals surface area contributed by atoms with Gasteiger partial charge in [-0.1, -0.05) is 72.4 Å². The lowest BCUT2D eigenvalue weighted by molar-refractivity contribution is -0.219. The van der Waals surface area contributed by atoms with Gasteiger partial charge < -0.3 is 14.8 Å². The summed E-state index contributed by atoms with van der Waals surface area (Å²) in [5.41, 5.74) is -1.28. The van der Waals surface area contributed by atoms with Crippen LogP contribution in [-0.2, 0) is 19.5 Å². The summed E-state index contributed by atoms with van der Waals surface area (Å²) in [5.74, 6) is 0.297. The van der Waals surface area contributed by atoms with Gasteiger partial charge in [0, 0.05) is 17.5 Å². The number of nitrogens with one attached hydrogen (secondary N) is 1. The van der Waals surface area contributed by atoms with Crippen molar-refractivity contribution < 1.29 is 28.7 Å². The van der Waals surface area contributed by atoms with Crippen molar-refractivity contribution in [1.82, 2.24) is 23.9 Å². The molecule has 6 aromatic rings. The molecule has 4 aliphatic rings. The Morgan fingerprint density at radius 3 is 2.63 bits per heavy atom. The fourth-order valence-corrected chi connectivity index (χ4v) is 8.68. The van der Waals surface area contributed by atoms with E-state index in [0.29, 0.717) is 16.6 Å². The van der Waals surface area contributed by atoms with Gasteiger partial charge in [-0.05, 0) is 28.5 Å². The highest BCUT2D eigenvalue weighted by Crippen LogP contribution is 2.71. The van der Waals surface area contributed by atoms with Gasteiger partial charge in [0.05, 0.1) is 5.69 Å². The van der Waals surface area contributed by atoms with Crippen LogP contribution in [0, 0.1) is 0 Å². The second kappa shape index (κ2) is 8.72. The number of imidazole rings is 2. The van der Waals surface area contributed by atoms with E-state index >= 15 is 0 Å². The van der Waals surface area contributed by atoms with Crippen LogP contribution in [0.2, 0.25) is 0 Å². The number of aliphatic hydroxyl groups is 1. The van der Waals surface area contributed by atoms with Gasteiger partial charge >= 0.3 is 8.17 Å². The maximum absolute atomic E-state index is 13.9. The van der Waals surface area contributed by atoms with Gasteiger partial charge in [0.25, 0.3) is 5.56 Å². The third-order valence-electron chi connectivity index (χ3n) is 8.58. The fourth-order valence-electron chi connectivity index (χ4n) is 6.57. The maximum atomic E-state index is 13.9. The first-order chi connectivity index (χ1) is 20.8. The molecular formula is C29H23N5O7PS+. The Balaban J connectivity index is 1.24. The van der Waals surface area contributed by atoms with Crippen LogP contribution in [-0.4, -0.2) is 63.2 Å². The number of benzene rings is 3. The maximum Gasteiger partial charge on any atom is 0.570 e. The van der Waals surface area contributed by atoms with Gasteiger partial charge in [-0.25, -0.2) is 9.38 Å². The quantitative estimate of drug-likeness (QED) is 0.216. The molecule has 14 heteroatoms. The van der Waals surface area contributed by atoms with Crippen LogP contribution in [0.15, 0.2) is 93.8 Å². The van der Waals surface area contributed by atoms with E-state index in [0.717, 1.165) is 21.2 Å². The normalized spacial score (nSPS) is 27.5. The second-order valence-electron chi connectivity index (χ2n) is 11.0. The number of aromatic nitrogens is 5. The third kappa shape index (κ3) is 3.56. The Bertz CT molecular complexity index is 2170. The van der Waals surface area contributed by atoms with Crippen LogP contribution in [0.5, 0.6) is 0 Å². The van der Waals surface area contributed by atoms with E-state index < -0.39 is 31.7 Å². The molecule has 4 unspecified atom stereocenters. The zero-order chi connectivity index (χ0) is 29.1. The smallest absolute Gasteiger partial charge is 0.385 e. The molecule has 3 aliphatic heterocycles. The molecule has 10 rings (SSSR count). The van der Waals surface area contributed by atoms with Crippen molar-refractivity contribution in [2.24, 2.45) is 0 Å². The Hall–Kier alpha value is -3.65. The Kier molecular flexibility index (Phi) is 5.23. The third-order valence-corrected chi connectivity index (χ3v) is 10.6. The molecule has 3 aromatic carbocycles. The van der Waals surface area contributed by atoms with Crippen LogP contribution >= 0.6 is 19.9 Å². The van der Waals surface area contributed by atoms with Crippen molar-refractivity contribution in [3.63, 3.8) is 0 Å². The molecule has 1 saturated carbocycles. The monoisotopic (exact) mass is 616 g/mol. The molecular weight excluding hydrogens is 593 g/mol. The lowest BCUT2D eigenvalue weighted by Crippen LogP contribution is -2.68. The summed E-state index contributed by atoms with van der Waals surface area (Å²) in [6.45, 7) is -0.170. The Morgan fingerprint density at radius 2 is 1.81 bits per heavy atom. The zero-order valence-corrected chi connectivity index (χ0v) is 23.9. The summed E-state index contributed by atoms with van der Waals surface area (Å²) in [5, 5.41) is 14.1. The van der Waals surface area contributed by atoms with Crippen LogP contribution in [0.3, 0.4) is 0 Å². The summed E-state index contributed by atoms with van der Waals surface area (Å²) >= 11 is 1.31. The molecule has 0 radical (unpaired) electrons. The van der Waals surface area contributed by atoms with Crippen molar-refractivity contribution >= 4 is 47.6 Å². The van der Waals surface area contributed by atoms with Gasteiger partial charge in [-0.2, -0.15) is 19.3 Å². The number of ether oxygens (including phenoxy) is 1. The first-order valence-corrected chi connectivity index (χ1v) is 15.9. The molecule has 6 heterocycles. The van der Waals surface area contributed by atoms with Crippen LogP contribution in [0.25, 0.3) is 39.0 Å². The molecule has 3 aromatic heterocycles. The predicted octanol–water partition coefficient (Wildman–Crippen LogP) is 3.61. The van der Waals surface area contributed by atoms with E-state index in [-0.39, 0.29) is 29.8 Å². The molecule has 0 amide bonds. The highest BCUT2D eigenvalue weighted by molar-refractivity contribution is 7.99. The standard InChI is InChI=1S/C29H22N5O7PS/c35-24-22-23(32-26-30-20(13-33(24)26)17-7-2-1-3-8-17)34(27(31-22)43-19-11-10-16-6-4-5-9-18(16)12-19)29-15-28(25(29)36)21(40-29)14-39-42(37,38)41-28/h1-13,21,25,36-38H,14-15H2/p+1. The minimum atomic E-state index is -4.13. The lowest BCUT2D eigenvalue weighted by Gasteiger charge is -2.49. The van der Waals surface area contributed by atoms with E-state index in [1.165, 1.54) is 16.2 Å². The highest BCUT2D eigenvalue weighted by atomic mass is 32.2. The van der Waals surface area contributed by atoms with Crippen LogP contribution in [0.1, 0.15) is 6.42 Å². The summed E-state index contributed by atoms with van der Waals surface area (Å²) in [4.78, 5) is 47.9. The zero-order valence-electron chi connectivity index (χ0n) is 22.2. The van der Waals surface area contributed by atoms with Crippen molar-refractivity contribution in [3.05, 3.63) is 89.3 Å². The average Bonchev–Trinajstić information content (AvgIpc) is 3.74. The highest BCUT2D eigenvalue weighted by Gasteiger charge is 2.84. The van der Waals surface area contributed by atoms with E-state index in [1.807, 2.05) is 72.8 Å². The minimum absolute atomic E-state index is 0.0792. The van der Waals surface area contributed by atoms with Crippen molar-refractivity contribution in [2.75, 3.05) is 6.61 Å². The first kappa shape index (κ1) is 25.8. The fraction of sp³-hybridized carbons (Fsp3) is 0.207. The number of aliphatic hydroxyl groups excluding tert-OH is 1. The molecule has 4 N–H and O–H groups in total. The van der Waals surface area contributed by atoms with Crippen LogP contribution in [0.4, 0.5) is 0 Å². The molecule has 1 spiro atoms. The summed E-state index contributed by atoms with van der Waals surface area (Å²) in [6, 6.07) is 23.6. The Morgan fingerprint density at radius 1 is 1.02 bits per heavy atom. The van der Waals surface area contributed by atoms with Crippen molar-refractivity contribution in [2.45, 2.75) is 40.0 Å². The number of hydrogen-bond acceptors (Lipinski definition) is 10. The summed E-state index contributed by atoms with van der Waals surface area (Å²) in [6.07, 6.45) is -0.316. The van der Waals surface area contributed by atoms with E-state index in [4.69, 9.17) is 23.8 Å². The van der Waals surface area contributed by atoms with Gasteiger partial charge in [0.15, 0.2) is 27.6 Å². The predicted molar refractivity (Wildman–Crippen MR) is 157 cm³/mol. The van der Waals surface area contributed by atoms with Gasteiger partial charge in [0.1, 0.15) is 18.8 Å².